The number of methoxy groups -OCH3 is 1. The third-order valence-electron chi connectivity index (χ3n) is 4.24. The Labute approximate surface area is 126 Å². The Balaban J connectivity index is 2.51. The number of esters is 1. The van der Waals surface area contributed by atoms with Gasteiger partial charge in [0.15, 0.2) is 0 Å². The molecular weight excluding hydrogens is 266 g/mol. The van der Waals surface area contributed by atoms with Crippen LogP contribution >= 0.6 is 0 Å². The molecule has 4 nitrogen and oxygen atoms in total. The summed E-state index contributed by atoms with van der Waals surface area (Å²) in [6.07, 6.45) is 1.82. The molecule has 2 rings (SSSR count). The normalized spacial score (nSPS) is 15.5. The van der Waals surface area contributed by atoms with Crippen LogP contribution in [0.2, 0.25) is 0 Å². The van der Waals surface area contributed by atoms with Crippen LogP contribution in [0.5, 0.6) is 0 Å². The number of hydrogen-bond acceptors (Lipinski definition) is 3. The molecule has 0 N–H and O–H groups in total. The van der Waals surface area contributed by atoms with Crippen LogP contribution in [0.1, 0.15) is 36.5 Å². The molecule has 1 aromatic carbocycles. The van der Waals surface area contributed by atoms with E-state index in [9.17, 15) is 9.59 Å². The lowest BCUT2D eigenvalue weighted by molar-refractivity contribution is -0.143. The van der Waals surface area contributed by atoms with Crippen molar-refractivity contribution in [1.29, 1.82) is 0 Å². The zero-order valence-electron chi connectivity index (χ0n) is 13.4. The lowest BCUT2D eigenvalue weighted by Crippen LogP contribution is -2.45. The average Bonchev–Trinajstić information content (AvgIpc) is 3.30. The van der Waals surface area contributed by atoms with E-state index in [4.69, 9.17) is 4.74 Å². The third kappa shape index (κ3) is 2.94. The van der Waals surface area contributed by atoms with Crippen LogP contribution in [0, 0.1) is 26.7 Å². The summed E-state index contributed by atoms with van der Waals surface area (Å²) in [4.78, 5) is 26.3. The highest BCUT2D eigenvalue weighted by Gasteiger charge is 2.39. The number of benzene rings is 1. The molecule has 0 spiro atoms. The molecule has 1 fully saturated rings. The van der Waals surface area contributed by atoms with Crippen molar-refractivity contribution in [3.05, 3.63) is 28.8 Å². The first-order chi connectivity index (χ1) is 9.88. The summed E-state index contributed by atoms with van der Waals surface area (Å²) in [5.74, 6) is -0.301. The maximum absolute atomic E-state index is 12.7. The van der Waals surface area contributed by atoms with E-state index in [-0.39, 0.29) is 17.8 Å². The number of aryl methyl sites for hydroxylation is 2. The van der Waals surface area contributed by atoms with Crippen molar-refractivity contribution in [2.45, 2.75) is 46.6 Å². The van der Waals surface area contributed by atoms with Crippen LogP contribution < -0.4 is 4.90 Å². The number of ether oxygens (including phenoxy) is 1. The summed E-state index contributed by atoms with van der Waals surface area (Å²) in [6.45, 7) is 7.71. The Kier molecular flexibility index (Phi) is 4.35. The highest BCUT2D eigenvalue weighted by Crippen LogP contribution is 2.36. The smallest absolute Gasteiger partial charge is 0.328 e. The molecule has 21 heavy (non-hydrogen) atoms. The first-order valence-corrected chi connectivity index (χ1v) is 7.36. The molecular formula is C17H23NO3. The van der Waals surface area contributed by atoms with Gasteiger partial charge < -0.3 is 4.74 Å². The van der Waals surface area contributed by atoms with E-state index in [0.717, 1.165) is 35.2 Å². The maximum atomic E-state index is 12.7. The average molecular weight is 289 g/mol. The number of rotatable bonds is 4. The van der Waals surface area contributed by atoms with Crippen LogP contribution in [0.25, 0.3) is 0 Å². The highest BCUT2D eigenvalue weighted by molar-refractivity contribution is 6.02. The van der Waals surface area contributed by atoms with E-state index in [0.29, 0.717) is 0 Å². The molecule has 1 amide bonds. The number of anilines is 1. The molecule has 114 valence electrons. The van der Waals surface area contributed by atoms with Crippen LogP contribution in [0.4, 0.5) is 5.69 Å². The van der Waals surface area contributed by atoms with Crippen molar-refractivity contribution in [3.8, 4) is 0 Å². The molecule has 1 saturated carbocycles. The number of carbonyl (C=O) groups is 2. The fourth-order valence-electron chi connectivity index (χ4n) is 2.60. The van der Waals surface area contributed by atoms with Gasteiger partial charge in [-0.1, -0.05) is 12.1 Å². The maximum Gasteiger partial charge on any atom is 0.328 e. The van der Waals surface area contributed by atoms with E-state index in [1.807, 2.05) is 32.9 Å². The van der Waals surface area contributed by atoms with E-state index in [2.05, 4.69) is 0 Å². The molecule has 0 heterocycles. The van der Waals surface area contributed by atoms with Gasteiger partial charge in [0.05, 0.1) is 12.8 Å². The molecule has 0 saturated heterocycles. The van der Waals surface area contributed by atoms with Gasteiger partial charge in [-0.25, -0.2) is 4.79 Å². The SMILES string of the molecule is COC(=O)C(C)N(C(=O)C1CC1)c1c(C)ccc(C)c1C. The van der Waals surface area contributed by atoms with Crippen molar-refractivity contribution >= 4 is 17.6 Å². The van der Waals surface area contributed by atoms with Crippen LogP contribution in [0.15, 0.2) is 12.1 Å². The van der Waals surface area contributed by atoms with Crippen LogP contribution in [-0.2, 0) is 14.3 Å². The Morgan fingerprint density at radius 1 is 1.19 bits per heavy atom. The van der Waals surface area contributed by atoms with Crippen molar-refractivity contribution in [2.24, 2.45) is 5.92 Å². The van der Waals surface area contributed by atoms with Crippen LogP contribution in [-0.4, -0.2) is 25.0 Å². The van der Waals surface area contributed by atoms with Crippen molar-refractivity contribution in [3.63, 3.8) is 0 Å². The fraction of sp³-hybridized carbons (Fsp3) is 0.529. The van der Waals surface area contributed by atoms with Crippen molar-refractivity contribution < 1.29 is 14.3 Å². The van der Waals surface area contributed by atoms with Gasteiger partial charge in [0.2, 0.25) is 5.91 Å². The molecule has 0 radical (unpaired) electrons. The van der Waals surface area contributed by atoms with Gasteiger partial charge >= 0.3 is 5.97 Å². The number of hydrogen-bond donors (Lipinski definition) is 0. The summed E-state index contributed by atoms with van der Waals surface area (Å²) in [5.41, 5.74) is 4.01. The van der Waals surface area contributed by atoms with Gasteiger partial charge in [-0.2, -0.15) is 0 Å². The van der Waals surface area contributed by atoms with Gasteiger partial charge in [0.1, 0.15) is 6.04 Å². The standard InChI is InChI=1S/C17H23NO3/c1-10-6-7-11(2)15(12(10)3)18(13(4)17(20)21-5)16(19)14-8-9-14/h6-7,13-14H,8-9H2,1-5H3. The number of nitrogens with zero attached hydrogens (tertiary/aromatic N) is 1. The molecule has 4 heteroatoms. The van der Waals surface area contributed by atoms with Gasteiger partial charge in [-0.15, -0.1) is 0 Å². The summed E-state index contributed by atoms with van der Waals surface area (Å²) in [5, 5.41) is 0. The summed E-state index contributed by atoms with van der Waals surface area (Å²) >= 11 is 0. The van der Waals surface area contributed by atoms with Gasteiger partial charge in [-0.05, 0) is 57.2 Å². The molecule has 0 bridgehead atoms. The molecule has 1 aliphatic carbocycles. The van der Waals surface area contributed by atoms with Gasteiger partial charge in [0.25, 0.3) is 0 Å². The van der Waals surface area contributed by atoms with E-state index in [1.54, 1.807) is 11.8 Å². The van der Waals surface area contributed by atoms with Crippen molar-refractivity contribution in [2.75, 3.05) is 12.0 Å². The van der Waals surface area contributed by atoms with Gasteiger partial charge in [0, 0.05) is 5.92 Å². The first kappa shape index (κ1) is 15.5. The second-order valence-corrected chi connectivity index (χ2v) is 5.85. The fourth-order valence-corrected chi connectivity index (χ4v) is 2.60. The molecule has 1 aromatic rings. The summed E-state index contributed by atoms with van der Waals surface area (Å²) < 4.78 is 4.84. The van der Waals surface area contributed by atoms with Gasteiger partial charge in [-0.3, -0.25) is 9.69 Å². The largest absolute Gasteiger partial charge is 0.467 e. The minimum Gasteiger partial charge on any atom is -0.467 e. The Bertz CT molecular complexity index is 576. The first-order valence-electron chi connectivity index (χ1n) is 7.36. The minimum atomic E-state index is -0.609. The quantitative estimate of drug-likeness (QED) is 0.801. The zero-order valence-corrected chi connectivity index (χ0v) is 13.4. The molecule has 1 aliphatic rings. The molecule has 1 unspecified atom stereocenters. The number of amides is 1. The number of carbonyl (C=O) groups excluding carboxylic acids is 2. The van der Waals surface area contributed by atoms with E-state index in [1.165, 1.54) is 7.11 Å². The second kappa shape index (κ2) is 5.88. The Morgan fingerprint density at radius 2 is 1.76 bits per heavy atom. The molecule has 0 aliphatic heterocycles. The second-order valence-electron chi connectivity index (χ2n) is 5.85. The molecule has 0 aromatic heterocycles. The third-order valence-corrected chi connectivity index (χ3v) is 4.24. The lowest BCUT2D eigenvalue weighted by Gasteiger charge is -2.31. The summed E-state index contributed by atoms with van der Waals surface area (Å²) in [7, 11) is 1.36. The Hall–Kier alpha value is -1.84. The highest BCUT2D eigenvalue weighted by atomic mass is 16.5. The summed E-state index contributed by atoms with van der Waals surface area (Å²) in [6, 6.07) is 3.42. The predicted molar refractivity (Wildman–Crippen MR) is 82.3 cm³/mol. The predicted octanol–water partition coefficient (Wildman–Crippen LogP) is 2.92. The van der Waals surface area contributed by atoms with Crippen LogP contribution in [0.3, 0.4) is 0 Å². The Morgan fingerprint density at radius 3 is 2.29 bits per heavy atom. The minimum absolute atomic E-state index is 0.0321. The zero-order chi connectivity index (χ0) is 15.7. The van der Waals surface area contributed by atoms with Crippen molar-refractivity contribution in [1.82, 2.24) is 0 Å². The van der Waals surface area contributed by atoms with E-state index < -0.39 is 6.04 Å². The lowest BCUT2D eigenvalue weighted by atomic mass is 10.0. The topological polar surface area (TPSA) is 46.6 Å². The monoisotopic (exact) mass is 289 g/mol. The molecule has 1 atom stereocenters. The van der Waals surface area contributed by atoms with E-state index >= 15 is 0 Å².